The number of likely N-dealkylation sites (tertiary alicyclic amines) is 1. The summed E-state index contributed by atoms with van der Waals surface area (Å²) in [5, 5.41) is 4.46. The molecule has 1 aromatic carbocycles. The fraction of sp³-hybridized carbons (Fsp3) is 0.474. The van der Waals surface area contributed by atoms with Gasteiger partial charge in [0.15, 0.2) is 0 Å². The molecular weight excluding hydrogens is 302 g/mol. The van der Waals surface area contributed by atoms with Gasteiger partial charge in [0, 0.05) is 18.3 Å². The average Bonchev–Trinajstić information content (AvgIpc) is 3.16. The van der Waals surface area contributed by atoms with Gasteiger partial charge in [0.1, 0.15) is 5.60 Å². The van der Waals surface area contributed by atoms with Crippen LogP contribution in [-0.2, 0) is 11.3 Å². The smallest absolute Gasteiger partial charge is 0.410 e. The van der Waals surface area contributed by atoms with E-state index in [0.717, 1.165) is 30.5 Å². The molecule has 128 valence electrons. The Balaban J connectivity index is 1.67. The lowest BCUT2D eigenvalue weighted by molar-refractivity contribution is 0.0211. The molecule has 1 fully saturated rings. The molecule has 0 unspecified atom stereocenters. The summed E-state index contributed by atoms with van der Waals surface area (Å²) in [4.78, 5) is 14.2. The van der Waals surface area contributed by atoms with Crippen molar-refractivity contribution in [2.45, 2.75) is 51.8 Å². The molecule has 1 saturated heterocycles. The number of carbonyl (C=O) groups excluding carboxylic acids is 1. The van der Waals surface area contributed by atoms with Crippen molar-refractivity contribution in [3.8, 4) is 11.1 Å². The maximum absolute atomic E-state index is 12.4. The molecule has 24 heavy (non-hydrogen) atoms. The third-order valence-electron chi connectivity index (χ3n) is 4.14. The van der Waals surface area contributed by atoms with Crippen LogP contribution in [0.1, 0.15) is 33.6 Å². The lowest BCUT2D eigenvalue weighted by atomic mass is 10.1. The van der Waals surface area contributed by atoms with Crippen molar-refractivity contribution in [1.29, 1.82) is 0 Å². The van der Waals surface area contributed by atoms with Crippen LogP contribution in [0.4, 0.5) is 4.79 Å². The zero-order valence-electron chi connectivity index (χ0n) is 14.6. The maximum Gasteiger partial charge on any atom is 0.410 e. The number of hydrogen-bond donors (Lipinski definition) is 0. The zero-order valence-corrected chi connectivity index (χ0v) is 14.6. The molecule has 1 aliphatic heterocycles. The molecule has 1 aromatic heterocycles. The van der Waals surface area contributed by atoms with Crippen molar-refractivity contribution >= 4 is 6.09 Å². The molecule has 1 aliphatic rings. The van der Waals surface area contributed by atoms with Gasteiger partial charge in [0.05, 0.1) is 18.8 Å². The Morgan fingerprint density at radius 3 is 2.71 bits per heavy atom. The van der Waals surface area contributed by atoms with Crippen LogP contribution in [0, 0.1) is 0 Å². The molecule has 2 heterocycles. The van der Waals surface area contributed by atoms with Gasteiger partial charge in [0.25, 0.3) is 0 Å². The first kappa shape index (κ1) is 16.6. The van der Waals surface area contributed by atoms with Crippen molar-refractivity contribution in [3.05, 3.63) is 42.7 Å². The van der Waals surface area contributed by atoms with E-state index in [1.807, 2.05) is 60.9 Å². The van der Waals surface area contributed by atoms with Crippen molar-refractivity contribution in [2.75, 3.05) is 6.54 Å². The largest absolute Gasteiger partial charge is 0.444 e. The summed E-state index contributed by atoms with van der Waals surface area (Å²) in [6.07, 6.45) is 5.69. The highest BCUT2D eigenvalue weighted by Gasteiger charge is 2.32. The van der Waals surface area contributed by atoms with Crippen molar-refractivity contribution in [1.82, 2.24) is 14.7 Å². The molecule has 5 nitrogen and oxygen atoms in total. The highest BCUT2D eigenvalue weighted by atomic mass is 16.6. The number of aromatic nitrogens is 2. The van der Waals surface area contributed by atoms with Gasteiger partial charge in [-0.25, -0.2) is 4.79 Å². The van der Waals surface area contributed by atoms with Gasteiger partial charge in [-0.05, 0) is 39.2 Å². The number of ether oxygens (including phenoxy) is 1. The normalized spacial score (nSPS) is 18.0. The van der Waals surface area contributed by atoms with Crippen LogP contribution in [0.3, 0.4) is 0 Å². The molecule has 5 heteroatoms. The monoisotopic (exact) mass is 327 g/mol. The number of hydrogen-bond acceptors (Lipinski definition) is 3. The quantitative estimate of drug-likeness (QED) is 0.857. The SMILES string of the molecule is CC(C)(C)OC(=O)N1CCC[C@H]1Cn1cc(-c2ccccc2)cn1. The van der Waals surface area contributed by atoms with Crippen LogP contribution in [0.15, 0.2) is 42.7 Å². The van der Waals surface area contributed by atoms with E-state index in [9.17, 15) is 4.79 Å². The zero-order chi connectivity index (χ0) is 17.2. The molecule has 2 aromatic rings. The Bertz CT molecular complexity index is 688. The highest BCUT2D eigenvalue weighted by Crippen LogP contribution is 2.23. The molecule has 0 aliphatic carbocycles. The minimum Gasteiger partial charge on any atom is -0.444 e. The molecule has 0 spiro atoms. The first-order valence-electron chi connectivity index (χ1n) is 8.50. The Kier molecular flexibility index (Phi) is 4.60. The van der Waals surface area contributed by atoms with Gasteiger partial charge in [-0.2, -0.15) is 5.10 Å². The molecule has 0 bridgehead atoms. The van der Waals surface area contributed by atoms with Gasteiger partial charge >= 0.3 is 6.09 Å². The third kappa shape index (κ3) is 3.96. The summed E-state index contributed by atoms with van der Waals surface area (Å²) >= 11 is 0. The van der Waals surface area contributed by atoms with Crippen molar-refractivity contribution < 1.29 is 9.53 Å². The van der Waals surface area contributed by atoms with Crippen LogP contribution in [0.25, 0.3) is 11.1 Å². The summed E-state index contributed by atoms with van der Waals surface area (Å²) < 4.78 is 7.45. The van der Waals surface area contributed by atoms with Crippen LogP contribution in [0.2, 0.25) is 0 Å². The van der Waals surface area contributed by atoms with E-state index in [1.54, 1.807) is 0 Å². The second-order valence-electron chi connectivity index (χ2n) is 7.29. The predicted molar refractivity (Wildman–Crippen MR) is 93.6 cm³/mol. The standard InChI is InChI=1S/C19H25N3O2/c1-19(2,3)24-18(23)22-11-7-10-17(22)14-21-13-16(12-20-21)15-8-5-4-6-9-15/h4-6,8-9,12-13,17H,7,10-11,14H2,1-3H3/t17-/m0/s1. The lowest BCUT2D eigenvalue weighted by Crippen LogP contribution is -2.41. The second-order valence-corrected chi connectivity index (χ2v) is 7.29. The third-order valence-corrected chi connectivity index (χ3v) is 4.14. The minimum atomic E-state index is -0.462. The van der Waals surface area contributed by atoms with E-state index >= 15 is 0 Å². The summed E-state index contributed by atoms with van der Waals surface area (Å²) in [6, 6.07) is 10.3. The van der Waals surface area contributed by atoms with Gasteiger partial charge in [-0.1, -0.05) is 30.3 Å². The number of carbonyl (C=O) groups is 1. The molecule has 1 amide bonds. The Morgan fingerprint density at radius 1 is 1.25 bits per heavy atom. The minimum absolute atomic E-state index is 0.142. The number of rotatable bonds is 3. The first-order chi connectivity index (χ1) is 11.4. The summed E-state index contributed by atoms with van der Waals surface area (Å²) in [7, 11) is 0. The molecule has 0 radical (unpaired) electrons. The van der Waals surface area contributed by atoms with E-state index < -0.39 is 5.60 Å². The predicted octanol–water partition coefficient (Wildman–Crippen LogP) is 3.95. The second kappa shape index (κ2) is 6.67. The fourth-order valence-corrected chi connectivity index (χ4v) is 3.05. The van der Waals surface area contributed by atoms with Crippen LogP contribution in [0.5, 0.6) is 0 Å². The number of benzene rings is 1. The van der Waals surface area contributed by atoms with Gasteiger partial charge in [0.2, 0.25) is 0 Å². The fourth-order valence-electron chi connectivity index (χ4n) is 3.05. The van der Waals surface area contributed by atoms with Gasteiger partial charge < -0.3 is 9.64 Å². The van der Waals surface area contributed by atoms with Gasteiger partial charge in [-0.15, -0.1) is 0 Å². The lowest BCUT2D eigenvalue weighted by Gasteiger charge is -2.28. The summed E-state index contributed by atoms with van der Waals surface area (Å²) in [5.41, 5.74) is 1.78. The first-order valence-corrected chi connectivity index (χ1v) is 8.50. The molecule has 0 saturated carbocycles. The molecule has 3 rings (SSSR count). The Labute approximate surface area is 143 Å². The van der Waals surface area contributed by atoms with E-state index in [1.165, 1.54) is 0 Å². The number of nitrogens with zero attached hydrogens (tertiary/aromatic N) is 3. The van der Waals surface area contributed by atoms with Crippen LogP contribution in [-0.4, -0.2) is 39.0 Å². The highest BCUT2D eigenvalue weighted by molar-refractivity contribution is 5.69. The maximum atomic E-state index is 12.4. The topological polar surface area (TPSA) is 47.4 Å². The Hall–Kier alpha value is -2.30. The average molecular weight is 327 g/mol. The van der Waals surface area contributed by atoms with E-state index in [-0.39, 0.29) is 12.1 Å². The van der Waals surface area contributed by atoms with E-state index in [0.29, 0.717) is 6.54 Å². The molecule has 1 atom stereocenters. The molecule has 0 N–H and O–H groups in total. The van der Waals surface area contributed by atoms with E-state index in [2.05, 4.69) is 17.2 Å². The van der Waals surface area contributed by atoms with Crippen LogP contribution >= 0.6 is 0 Å². The summed E-state index contributed by atoms with van der Waals surface area (Å²) in [6.45, 7) is 7.15. The van der Waals surface area contributed by atoms with Gasteiger partial charge in [-0.3, -0.25) is 4.68 Å². The van der Waals surface area contributed by atoms with Crippen molar-refractivity contribution in [3.63, 3.8) is 0 Å². The summed E-state index contributed by atoms with van der Waals surface area (Å²) in [5.74, 6) is 0. The van der Waals surface area contributed by atoms with Crippen molar-refractivity contribution in [2.24, 2.45) is 0 Å². The Morgan fingerprint density at radius 2 is 2.00 bits per heavy atom. The number of amides is 1. The van der Waals surface area contributed by atoms with Crippen LogP contribution < -0.4 is 0 Å². The van der Waals surface area contributed by atoms with E-state index in [4.69, 9.17) is 4.74 Å². The molecular formula is C19H25N3O2.